The van der Waals surface area contributed by atoms with E-state index in [1.807, 2.05) is 12.1 Å². The average molecular weight is 1280 g/mol. The number of nitrogens with two attached hydrogens (primary N) is 1. The molecule has 0 radical (unpaired) electrons. The first kappa shape index (κ1) is 70.7. The number of amides is 8. The summed E-state index contributed by atoms with van der Waals surface area (Å²) in [6, 6.07) is 4.34. The van der Waals surface area contributed by atoms with Gasteiger partial charge < -0.3 is 101 Å². The molecule has 3 aliphatic heterocycles. The molecule has 478 valence electrons. The van der Waals surface area contributed by atoms with Crippen LogP contribution in [0.4, 0.5) is 0 Å². The van der Waals surface area contributed by atoms with Crippen LogP contribution in [0, 0.1) is 5.92 Å². The number of rotatable bonds is 18. The summed E-state index contributed by atoms with van der Waals surface area (Å²) in [6.45, 7) is 3.94. The number of phenolic OH excluding ortho intramolecular Hbond substituents is 1. The molecule has 4 aromatic rings. The molecular formula is C56H70N9NaO22S. The van der Waals surface area contributed by atoms with Crippen molar-refractivity contribution in [1.29, 1.82) is 0 Å². The zero-order valence-electron chi connectivity index (χ0n) is 48.7. The Morgan fingerprint density at radius 2 is 1.45 bits per heavy atom. The molecule has 3 saturated heterocycles. The molecule has 3 aliphatic rings. The largest absolute Gasteiger partial charge is 1.00 e. The number of aromatic nitrogens is 1. The number of aliphatic hydroxyl groups is 7. The van der Waals surface area contributed by atoms with Gasteiger partial charge in [-0.1, -0.05) is 50.0 Å². The second-order valence-corrected chi connectivity index (χ2v) is 22.7. The molecule has 7 rings (SSSR count). The van der Waals surface area contributed by atoms with E-state index in [4.69, 9.17) is 15.0 Å². The number of aliphatic hydroxyl groups excluding tert-OH is 7. The van der Waals surface area contributed by atoms with Gasteiger partial charge in [0.05, 0.1) is 37.4 Å². The zero-order valence-corrected chi connectivity index (χ0v) is 51.5. The topological polar surface area (TPSA) is 493 Å². The van der Waals surface area contributed by atoms with Gasteiger partial charge in [0, 0.05) is 48.2 Å². The maximum absolute atomic E-state index is 14.7. The molecule has 14 atom stereocenters. The van der Waals surface area contributed by atoms with Crippen LogP contribution >= 0.6 is 0 Å². The van der Waals surface area contributed by atoms with Gasteiger partial charge in [-0.25, -0.2) is 8.42 Å². The summed E-state index contributed by atoms with van der Waals surface area (Å²) in [4.78, 5) is 114. The van der Waals surface area contributed by atoms with Crippen molar-refractivity contribution in [2.45, 2.75) is 145 Å². The van der Waals surface area contributed by atoms with E-state index in [1.165, 1.54) is 31.2 Å². The Hall–Kier alpha value is -7.34. The predicted molar refractivity (Wildman–Crippen MR) is 301 cm³/mol. The molecule has 33 heteroatoms. The number of carbonyl (C=O) groups is 8. The fourth-order valence-electron chi connectivity index (χ4n) is 10.3. The van der Waals surface area contributed by atoms with Crippen LogP contribution in [-0.2, 0) is 44.0 Å². The van der Waals surface area contributed by atoms with Crippen molar-refractivity contribution in [3.8, 4) is 39.8 Å². The third kappa shape index (κ3) is 18.0. The van der Waals surface area contributed by atoms with Gasteiger partial charge in [-0.3, -0.25) is 38.4 Å². The van der Waals surface area contributed by atoms with Gasteiger partial charge in [0.2, 0.25) is 41.4 Å². The first-order valence-electron chi connectivity index (χ1n) is 28.0. The van der Waals surface area contributed by atoms with Crippen molar-refractivity contribution in [1.82, 2.24) is 41.5 Å². The van der Waals surface area contributed by atoms with Crippen LogP contribution in [0.5, 0.6) is 17.2 Å². The number of fused-ring (bicyclic) bond motifs is 2. The molecule has 0 saturated carbocycles. The Labute approximate surface area is 531 Å². The van der Waals surface area contributed by atoms with E-state index in [1.54, 1.807) is 18.2 Å². The molecule has 3 fully saturated rings. The van der Waals surface area contributed by atoms with Gasteiger partial charge >= 0.3 is 29.6 Å². The zero-order chi connectivity index (χ0) is 64.5. The second kappa shape index (κ2) is 30.9. The van der Waals surface area contributed by atoms with Gasteiger partial charge in [-0.2, -0.15) is 0 Å². The third-order valence-corrected chi connectivity index (χ3v) is 15.5. The summed E-state index contributed by atoms with van der Waals surface area (Å²) in [6.07, 6.45) is -14.4. The van der Waals surface area contributed by atoms with Crippen LogP contribution in [0.2, 0.25) is 0 Å². The van der Waals surface area contributed by atoms with Crippen LogP contribution in [0.15, 0.2) is 77.3 Å². The molecule has 31 nitrogen and oxygen atoms in total. The minimum Gasteiger partial charge on any atom is -0.716 e. The van der Waals surface area contributed by atoms with Gasteiger partial charge in [0.25, 0.3) is 16.3 Å². The molecule has 8 amide bonds. The first-order chi connectivity index (χ1) is 41.5. The summed E-state index contributed by atoms with van der Waals surface area (Å²) < 4.78 is 50.0. The number of aromatic hydroxyl groups is 1. The van der Waals surface area contributed by atoms with Crippen LogP contribution in [0.1, 0.15) is 87.7 Å². The Bertz CT molecular complexity index is 3300. The third-order valence-electron chi connectivity index (χ3n) is 15.1. The number of hydrogen-bond acceptors (Lipinski definition) is 23. The van der Waals surface area contributed by atoms with Crippen molar-refractivity contribution < 1.29 is 135 Å². The van der Waals surface area contributed by atoms with E-state index < -0.39 is 199 Å². The molecule has 4 unspecified atom stereocenters. The average Bonchev–Trinajstić information content (AvgIpc) is 2.43. The minimum atomic E-state index is -5.59. The molecule has 0 aliphatic carbocycles. The monoisotopic (exact) mass is 1280 g/mol. The van der Waals surface area contributed by atoms with E-state index in [-0.39, 0.29) is 35.1 Å². The summed E-state index contributed by atoms with van der Waals surface area (Å²) >= 11 is 0. The fraction of sp³-hybridized carbons (Fsp3) is 0.482. The van der Waals surface area contributed by atoms with Gasteiger partial charge in [0.15, 0.2) is 17.3 Å². The first-order valence-corrected chi connectivity index (χ1v) is 29.4. The van der Waals surface area contributed by atoms with Crippen molar-refractivity contribution >= 4 is 57.7 Å². The van der Waals surface area contributed by atoms with Gasteiger partial charge in [0.1, 0.15) is 66.1 Å². The van der Waals surface area contributed by atoms with E-state index in [0.29, 0.717) is 56.9 Å². The van der Waals surface area contributed by atoms with Crippen LogP contribution < -0.4 is 70.8 Å². The molecule has 4 heterocycles. The van der Waals surface area contributed by atoms with E-state index in [2.05, 4.69) is 42.8 Å². The van der Waals surface area contributed by atoms with Crippen molar-refractivity contribution in [3.63, 3.8) is 0 Å². The molecule has 89 heavy (non-hydrogen) atoms. The van der Waals surface area contributed by atoms with E-state index >= 15 is 0 Å². The smallest absolute Gasteiger partial charge is 0.716 e. The molecule has 1 aromatic heterocycles. The normalized spacial score (nSPS) is 25.5. The summed E-state index contributed by atoms with van der Waals surface area (Å²) in [5.41, 5.74) is 6.34. The standard InChI is InChI=1S/C56H71N9O22S.Na/c1-4-5-6-19-85-33-14-11-29(12-15-33)39-22-35(63-86-39)28-7-9-30(10-8-28)50(75)58-34-16-18-42(71)59-54(79)46-47(72)26(2)24-65(46)56(81)44(38(69)23-41(57)70)61-53(78)45(49(74)48(73)31-13-17-37(68)40(20-31)87-88(82,83)84)62-52(77)36-21-32(67)25-64(36)55(80)43(27(3)66)60-51(34)76;/h7-15,17,20,22,26-27,32,34,36,38,42-49,66-69,71-74H,4-6,16,18-19,21,23-25H2,1-3H3,(H2,57,70)(H,58,75)(H,59,79)(H,60,76)(H,61,78)(H,62,77)(H,82,83,84);/q;+1/p-1/t26-,27?,32+,34-,36-,38?,42+,43-,44-,45-,46-,47-,48?,49?;/m0./s1. The van der Waals surface area contributed by atoms with Crippen LogP contribution in [0.25, 0.3) is 22.6 Å². The quantitative estimate of drug-likeness (QED) is 0.0191. The number of carbonyl (C=O) groups excluding carboxylic acids is 8. The predicted octanol–water partition coefficient (Wildman–Crippen LogP) is -6.21. The minimum absolute atomic E-state index is 0. The molecule has 3 aromatic carbocycles. The number of benzene rings is 3. The van der Waals surface area contributed by atoms with Crippen molar-refractivity contribution in [3.05, 3.63) is 83.9 Å². The van der Waals surface area contributed by atoms with Crippen molar-refractivity contribution in [2.24, 2.45) is 11.7 Å². The van der Waals surface area contributed by atoms with Gasteiger partial charge in [-0.05, 0) is 80.3 Å². The fourth-order valence-corrected chi connectivity index (χ4v) is 10.7. The summed E-state index contributed by atoms with van der Waals surface area (Å²) in [5, 5.41) is 105. The molecule has 15 N–H and O–H groups in total. The van der Waals surface area contributed by atoms with Crippen molar-refractivity contribution in [2.75, 3.05) is 19.7 Å². The van der Waals surface area contributed by atoms with Gasteiger partial charge in [-0.15, -0.1) is 0 Å². The Kier molecular flexibility index (Phi) is 24.6. The number of phenols is 1. The summed E-state index contributed by atoms with van der Waals surface area (Å²) in [5.74, 6) is -12.2. The number of nitrogens with zero attached hydrogens (tertiary/aromatic N) is 3. The molecule has 0 bridgehead atoms. The SMILES string of the molecule is CCCCCOc1ccc(-c2cc(-c3ccc(C(=O)N[C@H]4CC[C@@H](O)NC(=O)[C@@H]5[C@@H](O)[C@@H](C)CN5C(=O)[C@H](C(O)CC(N)=O)NC(=O)[C@H](C(O)C(O)c5ccc(O)c(OS(=O)(=O)[O-])c5)NC(=O)[C@@H]5C[C@@H](O)CN5C(=O)[C@H](C(C)O)NC4=O)cc3)no2)cc1.[Na+]. The van der Waals surface area contributed by atoms with E-state index in [0.717, 1.165) is 32.3 Å². The van der Waals surface area contributed by atoms with Crippen LogP contribution in [0.3, 0.4) is 0 Å². The number of unbranched alkanes of at least 4 members (excludes halogenated alkanes) is 2. The maximum Gasteiger partial charge on any atom is 1.00 e. The Morgan fingerprint density at radius 1 is 0.809 bits per heavy atom. The number of ether oxygens (including phenoxy) is 1. The maximum atomic E-state index is 14.7. The summed E-state index contributed by atoms with van der Waals surface area (Å²) in [7, 11) is -5.59. The molecular weight excluding hydrogens is 1210 g/mol. The van der Waals surface area contributed by atoms with E-state index in [9.17, 15) is 92.2 Å². The number of nitrogens with one attached hydrogen (secondary N) is 5. The second-order valence-electron chi connectivity index (χ2n) is 21.8. The number of primary amides is 1. The number of hydrogen-bond donors (Lipinski definition) is 14. The Morgan fingerprint density at radius 3 is 2.09 bits per heavy atom. The van der Waals surface area contributed by atoms with Crippen LogP contribution in [-0.4, -0.2) is 209 Å². The molecule has 0 spiro atoms. The Balaban J connectivity index is 0.0000126.